The summed E-state index contributed by atoms with van der Waals surface area (Å²) in [5.41, 5.74) is 10.9. The van der Waals surface area contributed by atoms with E-state index in [0.29, 0.717) is 22.4 Å². The van der Waals surface area contributed by atoms with Gasteiger partial charge in [-0.1, -0.05) is 35.9 Å². The second-order valence-corrected chi connectivity index (χ2v) is 8.98. The minimum atomic E-state index is 0.506. The summed E-state index contributed by atoms with van der Waals surface area (Å²) in [7, 11) is 1.73. The van der Waals surface area contributed by atoms with E-state index in [2.05, 4.69) is 15.9 Å². The third-order valence-electron chi connectivity index (χ3n) is 6.17. The quantitative estimate of drug-likeness (QED) is 0.452. The summed E-state index contributed by atoms with van der Waals surface area (Å²) < 4.78 is 6.97. The first-order valence-electron chi connectivity index (χ1n) is 11.4. The molecular weight excluding hydrogens is 450 g/mol. The largest absolute Gasteiger partial charge is 0.383 e. The number of nitrogens with zero attached hydrogens (tertiary/aromatic N) is 6. The SMILES string of the molecule is COCCN1CCN(c2nc(-c3cccc(Cl)c3)c3c(N)n(-c4cccc(C)c4)nc3n2)CC1. The number of rotatable bonds is 6. The molecule has 0 unspecified atom stereocenters. The summed E-state index contributed by atoms with van der Waals surface area (Å²) in [6.07, 6.45) is 0. The van der Waals surface area contributed by atoms with Crippen LogP contribution in [0.4, 0.5) is 11.8 Å². The van der Waals surface area contributed by atoms with Crippen LogP contribution in [0.25, 0.3) is 28.0 Å². The lowest BCUT2D eigenvalue weighted by molar-refractivity contribution is 0.144. The number of piperazine rings is 1. The Morgan fingerprint density at radius 3 is 2.56 bits per heavy atom. The number of benzene rings is 2. The Hall–Kier alpha value is -3.20. The number of ether oxygens (including phenoxy) is 1. The summed E-state index contributed by atoms with van der Waals surface area (Å²) in [6.45, 7) is 7.22. The van der Waals surface area contributed by atoms with Crippen molar-refractivity contribution in [3.8, 4) is 16.9 Å². The Bertz CT molecular complexity index is 1310. The molecule has 1 saturated heterocycles. The van der Waals surface area contributed by atoms with E-state index in [0.717, 1.165) is 67.2 Å². The van der Waals surface area contributed by atoms with Gasteiger partial charge in [-0.25, -0.2) is 9.67 Å². The molecule has 3 heterocycles. The molecule has 2 aromatic carbocycles. The molecule has 0 amide bonds. The van der Waals surface area contributed by atoms with Crippen molar-refractivity contribution in [2.45, 2.75) is 6.92 Å². The number of aromatic nitrogens is 4. The molecule has 5 rings (SSSR count). The second-order valence-electron chi connectivity index (χ2n) is 8.54. The van der Waals surface area contributed by atoms with Gasteiger partial charge in [-0.15, -0.1) is 5.10 Å². The molecule has 1 fully saturated rings. The average molecular weight is 478 g/mol. The highest BCUT2D eigenvalue weighted by Crippen LogP contribution is 2.34. The van der Waals surface area contributed by atoms with E-state index in [9.17, 15) is 0 Å². The van der Waals surface area contributed by atoms with Crippen LogP contribution in [-0.2, 0) is 4.74 Å². The molecule has 0 bridgehead atoms. The molecule has 0 spiro atoms. The van der Waals surface area contributed by atoms with Gasteiger partial charge in [0.1, 0.15) is 5.82 Å². The Labute approximate surface area is 203 Å². The van der Waals surface area contributed by atoms with Gasteiger partial charge in [0.2, 0.25) is 5.95 Å². The zero-order valence-electron chi connectivity index (χ0n) is 19.4. The fourth-order valence-electron chi connectivity index (χ4n) is 4.33. The van der Waals surface area contributed by atoms with E-state index in [1.54, 1.807) is 11.8 Å². The lowest BCUT2D eigenvalue weighted by Gasteiger charge is -2.34. The first-order valence-corrected chi connectivity index (χ1v) is 11.8. The molecule has 1 aliphatic rings. The maximum atomic E-state index is 6.65. The van der Waals surface area contributed by atoms with Crippen LogP contribution in [0.2, 0.25) is 5.02 Å². The first kappa shape index (κ1) is 22.6. The van der Waals surface area contributed by atoms with E-state index in [-0.39, 0.29) is 0 Å². The molecule has 0 saturated carbocycles. The highest BCUT2D eigenvalue weighted by Gasteiger charge is 2.24. The fourth-order valence-corrected chi connectivity index (χ4v) is 4.52. The average Bonchev–Trinajstić information content (AvgIpc) is 3.19. The van der Waals surface area contributed by atoms with Gasteiger partial charge in [-0.2, -0.15) is 4.98 Å². The van der Waals surface area contributed by atoms with Crippen molar-refractivity contribution in [2.75, 3.05) is 57.1 Å². The molecule has 0 radical (unpaired) electrons. The number of halogens is 1. The maximum absolute atomic E-state index is 6.65. The van der Waals surface area contributed by atoms with Gasteiger partial charge in [0.25, 0.3) is 0 Å². The second kappa shape index (κ2) is 9.58. The van der Waals surface area contributed by atoms with E-state index < -0.39 is 0 Å². The molecule has 0 atom stereocenters. The minimum absolute atomic E-state index is 0.506. The number of hydrogen-bond donors (Lipinski definition) is 1. The van der Waals surface area contributed by atoms with Crippen molar-refractivity contribution in [3.63, 3.8) is 0 Å². The third kappa shape index (κ3) is 4.44. The van der Waals surface area contributed by atoms with Gasteiger partial charge in [0.05, 0.1) is 23.4 Å². The van der Waals surface area contributed by atoms with E-state index in [4.69, 9.17) is 37.1 Å². The van der Waals surface area contributed by atoms with Crippen molar-refractivity contribution >= 4 is 34.4 Å². The normalized spacial score (nSPS) is 14.7. The summed E-state index contributed by atoms with van der Waals surface area (Å²) in [5.74, 6) is 1.16. The molecule has 8 nitrogen and oxygen atoms in total. The monoisotopic (exact) mass is 477 g/mol. The fraction of sp³-hybridized carbons (Fsp3) is 0.320. The molecule has 9 heteroatoms. The molecule has 0 aliphatic carbocycles. The van der Waals surface area contributed by atoms with Gasteiger partial charge < -0.3 is 15.4 Å². The Balaban J connectivity index is 1.60. The van der Waals surface area contributed by atoms with Crippen molar-refractivity contribution in [1.29, 1.82) is 0 Å². The smallest absolute Gasteiger partial charge is 0.228 e. The van der Waals surface area contributed by atoms with Crippen LogP contribution in [0.5, 0.6) is 0 Å². The predicted octanol–water partition coefficient (Wildman–Crippen LogP) is 3.79. The first-order chi connectivity index (χ1) is 16.5. The maximum Gasteiger partial charge on any atom is 0.228 e. The molecule has 4 aromatic rings. The van der Waals surface area contributed by atoms with Crippen LogP contribution in [0, 0.1) is 6.92 Å². The lowest BCUT2D eigenvalue weighted by atomic mass is 10.1. The molecule has 2 aromatic heterocycles. The lowest BCUT2D eigenvalue weighted by Crippen LogP contribution is -2.47. The van der Waals surface area contributed by atoms with Gasteiger partial charge >= 0.3 is 0 Å². The standard InChI is InChI=1S/C25H28ClN7O/c1-17-5-3-8-20(15-17)33-23(27)21-22(18-6-4-7-19(26)16-18)28-25(29-24(21)30-33)32-11-9-31(10-12-32)13-14-34-2/h3-8,15-16H,9-14,27H2,1-2H3. The van der Waals surface area contributed by atoms with Gasteiger partial charge in [-0.3, -0.25) is 4.90 Å². The molecule has 2 N–H and O–H groups in total. The number of hydrogen-bond acceptors (Lipinski definition) is 7. The van der Waals surface area contributed by atoms with Gasteiger partial charge in [-0.05, 0) is 36.8 Å². The van der Waals surface area contributed by atoms with Crippen molar-refractivity contribution < 1.29 is 4.74 Å². The summed E-state index contributed by atoms with van der Waals surface area (Å²) >= 11 is 6.33. The topological polar surface area (TPSA) is 85.3 Å². The molecule has 34 heavy (non-hydrogen) atoms. The number of fused-ring (bicyclic) bond motifs is 1. The Morgan fingerprint density at radius 2 is 1.82 bits per heavy atom. The van der Waals surface area contributed by atoms with Crippen molar-refractivity contribution in [1.82, 2.24) is 24.6 Å². The number of aryl methyl sites for hydroxylation is 1. The van der Waals surface area contributed by atoms with Crippen LogP contribution in [0.15, 0.2) is 48.5 Å². The van der Waals surface area contributed by atoms with Crippen LogP contribution in [0.3, 0.4) is 0 Å². The van der Waals surface area contributed by atoms with Crippen LogP contribution >= 0.6 is 11.6 Å². The van der Waals surface area contributed by atoms with Gasteiger partial charge in [0.15, 0.2) is 5.65 Å². The molecule has 176 valence electrons. The third-order valence-corrected chi connectivity index (χ3v) is 6.40. The highest BCUT2D eigenvalue weighted by molar-refractivity contribution is 6.30. The number of methoxy groups -OCH3 is 1. The van der Waals surface area contributed by atoms with Crippen molar-refractivity contribution in [2.24, 2.45) is 0 Å². The summed E-state index contributed by atoms with van der Waals surface area (Å²) in [5, 5.41) is 6.17. The zero-order chi connectivity index (χ0) is 23.7. The minimum Gasteiger partial charge on any atom is -0.383 e. The summed E-state index contributed by atoms with van der Waals surface area (Å²) in [6, 6.07) is 15.7. The van der Waals surface area contributed by atoms with Crippen molar-refractivity contribution in [3.05, 3.63) is 59.1 Å². The number of anilines is 2. The van der Waals surface area contributed by atoms with Gasteiger partial charge in [0, 0.05) is 50.4 Å². The van der Waals surface area contributed by atoms with Crippen LogP contribution in [0.1, 0.15) is 5.56 Å². The van der Waals surface area contributed by atoms with Crippen LogP contribution < -0.4 is 10.6 Å². The molecule has 1 aliphatic heterocycles. The molecular formula is C25H28ClN7O. The van der Waals surface area contributed by atoms with E-state index >= 15 is 0 Å². The number of nitrogen functional groups attached to an aromatic ring is 1. The highest BCUT2D eigenvalue weighted by atomic mass is 35.5. The number of nitrogens with two attached hydrogens (primary N) is 1. The van der Waals surface area contributed by atoms with E-state index in [1.165, 1.54) is 0 Å². The Kier molecular flexibility index (Phi) is 6.36. The zero-order valence-corrected chi connectivity index (χ0v) is 20.2. The predicted molar refractivity (Wildman–Crippen MR) is 137 cm³/mol. The summed E-state index contributed by atoms with van der Waals surface area (Å²) in [4.78, 5) is 14.4. The van der Waals surface area contributed by atoms with Crippen LogP contribution in [-0.4, -0.2) is 71.1 Å². The Morgan fingerprint density at radius 1 is 1.03 bits per heavy atom. The van der Waals surface area contributed by atoms with E-state index in [1.807, 2.05) is 49.4 Å².